The van der Waals surface area contributed by atoms with Crippen LogP contribution in [0, 0.1) is 5.92 Å². The van der Waals surface area contributed by atoms with Crippen molar-refractivity contribution in [3.8, 4) is 0 Å². The van der Waals surface area contributed by atoms with E-state index in [0.717, 1.165) is 18.5 Å². The summed E-state index contributed by atoms with van der Waals surface area (Å²) in [5, 5.41) is 3.65. The molecule has 0 amide bonds. The minimum Gasteiger partial charge on any atom is -0.313 e. The second kappa shape index (κ2) is 4.80. The van der Waals surface area contributed by atoms with E-state index in [9.17, 15) is 0 Å². The Morgan fingerprint density at radius 1 is 1.27 bits per heavy atom. The van der Waals surface area contributed by atoms with E-state index in [-0.39, 0.29) is 0 Å². The number of hydrogen-bond donors (Lipinski definition) is 1. The lowest BCUT2D eigenvalue weighted by atomic mass is 9.80. The van der Waals surface area contributed by atoms with Gasteiger partial charge in [0.2, 0.25) is 0 Å². The average Bonchev–Trinajstić information content (AvgIpc) is 2.30. The van der Waals surface area contributed by atoms with Crippen molar-refractivity contribution in [2.24, 2.45) is 5.92 Å². The molecule has 0 aromatic heterocycles. The first-order chi connectivity index (χ1) is 7.31. The Labute approximate surface area is 92.9 Å². The second-order valence-electron chi connectivity index (χ2n) is 4.74. The summed E-state index contributed by atoms with van der Waals surface area (Å²) in [6.07, 6.45) is 2.57. The standard InChI is InChI=1S/C14H21N/c1-3-13-9-11(2)14(10-15-13)12-7-5-4-6-8-12/h4-8,11,13-15H,3,9-10H2,1-2H3. The Morgan fingerprint density at radius 3 is 2.60 bits per heavy atom. The third-order valence-corrected chi connectivity index (χ3v) is 3.69. The van der Waals surface area contributed by atoms with Crippen molar-refractivity contribution < 1.29 is 0 Å². The molecule has 1 fully saturated rings. The van der Waals surface area contributed by atoms with Gasteiger partial charge in [0, 0.05) is 12.6 Å². The quantitative estimate of drug-likeness (QED) is 0.778. The van der Waals surface area contributed by atoms with Gasteiger partial charge in [0.05, 0.1) is 0 Å². The molecule has 2 rings (SSSR count). The molecule has 1 heterocycles. The molecule has 1 heteroatoms. The highest BCUT2D eigenvalue weighted by Gasteiger charge is 2.26. The van der Waals surface area contributed by atoms with Gasteiger partial charge in [-0.15, -0.1) is 0 Å². The maximum atomic E-state index is 3.65. The second-order valence-corrected chi connectivity index (χ2v) is 4.74. The minimum absolute atomic E-state index is 0.703. The van der Waals surface area contributed by atoms with E-state index in [1.165, 1.54) is 18.4 Å². The molecule has 1 aromatic carbocycles. The van der Waals surface area contributed by atoms with E-state index in [4.69, 9.17) is 0 Å². The zero-order valence-electron chi connectivity index (χ0n) is 9.74. The molecular formula is C14H21N. The number of benzene rings is 1. The Bertz CT molecular complexity index is 293. The van der Waals surface area contributed by atoms with Crippen molar-refractivity contribution in [1.82, 2.24) is 5.32 Å². The third-order valence-electron chi connectivity index (χ3n) is 3.69. The Kier molecular flexibility index (Phi) is 3.42. The summed E-state index contributed by atoms with van der Waals surface area (Å²) < 4.78 is 0. The third kappa shape index (κ3) is 2.40. The van der Waals surface area contributed by atoms with Crippen LogP contribution in [0.15, 0.2) is 30.3 Å². The molecule has 1 nitrogen and oxygen atoms in total. The lowest BCUT2D eigenvalue weighted by molar-refractivity contribution is 0.277. The summed E-state index contributed by atoms with van der Waals surface area (Å²) in [5.74, 6) is 1.51. The Hall–Kier alpha value is -0.820. The van der Waals surface area contributed by atoms with E-state index in [1.807, 2.05) is 0 Å². The van der Waals surface area contributed by atoms with Crippen LogP contribution in [0.2, 0.25) is 0 Å². The van der Waals surface area contributed by atoms with Crippen molar-refractivity contribution in [1.29, 1.82) is 0 Å². The van der Waals surface area contributed by atoms with Gasteiger partial charge < -0.3 is 5.32 Å². The average molecular weight is 203 g/mol. The maximum Gasteiger partial charge on any atom is 0.00674 e. The lowest BCUT2D eigenvalue weighted by Crippen LogP contribution is -2.41. The molecule has 0 aliphatic carbocycles. The van der Waals surface area contributed by atoms with Crippen molar-refractivity contribution in [2.45, 2.75) is 38.6 Å². The van der Waals surface area contributed by atoms with Gasteiger partial charge in [0.1, 0.15) is 0 Å². The van der Waals surface area contributed by atoms with E-state index >= 15 is 0 Å². The minimum atomic E-state index is 0.703. The predicted molar refractivity (Wildman–Crippen MR) is 65.0 cm³/mol. The van der Waals surface area contributed by atoms with Crippen LogP contribution in [-0.2, 0) is 0 Å². The van der Waals surface area contributed by atoms with Crippen LogP contribution in [0.5, 0.6) is 0 Å². The highest BCUT2D eigenvalue weighted by molar-refractivity contribution is 5.21. The maximum absolute atomic E-state index is 3.65. The first-order valence-corrected chi connectivity index (χ1v) is 6.09. The topological polar surface area (TPSA) is 12.0 Å². The van der Waals surface area contributed by atoms with Crippen LogP contribution in [0.3, 0.4) is 0 Å². The molecule has 1 aromatic rings. The van der Waals surface area contributed by atoms with Gasteiger partial charge in [-0.1, -0.05) is 44.2 Å². The van der Waals surface area contributed by atoms with E-state index in [1.54, 1.807) is 0 Å². The van der Waals surface area contributed by atoms with Gasteiger partial charge >= 0.3 is 0 Å². The number of piperidine rings is 1. The van der Waals surface area contributed by atoms with Crippen LogP contribution in [0.25, 0.3) is 0 Å². The van der Waals surface area contributed by atoms with E-state index in [2.05, 4.69) is 49.5 Å². The smallest absolute Gasteiger partial charge is 0.00674 e. The van der Waals surface area contributed by atoms with E-state index < -0.39 is 0 Å². The number of rotatable bonds is 2. The first kappa shape index (κ1) is 10.7. The summed E-state index contributed by atoms with van der Waals surface area (Å²) >= 11 is 0. The highest BCUT2D eigenvalue weighted by atomic mass is 14.9. The molecule has 0 spiro atoms. The number of hydrogen-bond acceptors (Lipinski definition) is 1. The largest absolute Gasteiger partial charge is 0.313 e. The van der Waals surface area contributed by atoms with Gasteiger partial charge in [-0.25, -0.2) is 0 Å². The zero-order chi connectivity index (χ0) is 10.7. The lowest BCUT2D eigenvalue weighted by Gasteiger charge is -2.35. The summed E-state index contributed by atoms with van der Waals surface area (Å²) in [7, 11) is 0. The Balaban J connectivity index is 2.06. The van der Waals surface area contributed by atoms with Crippen LogP contribution in [0.1, 0.15) is 38.2 Å². The summed E-state index contributed by atoms with van der Waals surface area (Å²) in [6.45, 7) is 5.80. The SMILES string of the molecule is CCC1CC(C)C(c2ccccc2)CN1. The molecule has 1 aliphatic heterocycles. The van der Waals surface area contributed by atoms with Crippen LogP contribution < -0.4 is 5.32 Å². The molecule has 1 saturated heterocycles. The molecule has 3 atom stereocenters. The fourth-order valence-corrected chi connectivity index (χ4v) is 2.65. The molecule has 1 aliphatic rings. The predicted octanol–water partition coefficient (Wildman–Crippen LogP) is 3.18. The fourth-order valence-electron chi connectivity index (χ4n) is 2.65. The van der Waals surface area contributed by atoms with Crippen molar-refractivity contribution in [3.05, 3.63) is 35.9 Å². The summed E-state index contributed by atoms with van der Waals surface area (Å²) in [6, 6.07) is 11.6. The van der Waals surface area contributed by atoms with Gasteiger partial charge in [-0.3, -0.25) is 0 Å². The molecule has 3 unspecified atom stereocenters. The van der Waals surface area contributed by atoms with Crippen LogP contribution in [0.4, 0.5) is 0 Å². The molecule has 15 heavy (non-hydrogen) atoms. The van der Waals surface area contributed by atoms with Crippen molar-refractivity contribution >= 4 is 0 Å². The van der Waals surface area contributed by atoms with Gasteiger partial charge in [0.25, 0.3) is 0 Å². The first-order valence-electron chi connectivity index (χ1n) is 6.09. The van der Waals surface area contributed by atoms with Crippen LogP contribution >= 0.6 is 0 Å². The normalized spacial score (nSPS) is 31.5. The number of nitrogens with one attached hydrogen (secondary N) is 1. The van der Waals surface area contributed by atoms with Crippen molar-refractivity contribution in [2.75, 3.05) is 6.54 Å². The summed E-state index contributed by atoms with van der Waals surface area (Å²) in [5.41, 5.74) is 1.49. The van der Waals surface area contributed by atoms with Gasteiger partial charge in [0.15, 0.2) is 0 Å². The zero-order valence-corrected chi connectivity index (χ0v) is 9.74. The van der Waals surface area contributed by atoms with E-state index in [0.29, 0.717) is 5.92 Å². The van der Waals surface area contributed by atoms with Gasteiger partial charge in [-0.05, 0) is 30.2 Å². The van der Waals surface area contributed by atoms with Crippen LogP contribution in [-0.4, -0.2) is 12.6 Å². The van der Waals surface area contributed by atoms with Crippen molar-refractivity contribution in [3.63, 3.8) is 0 Å². The molecule has 0 saturated carbocycles. The molecule has 1 N–H and O–H groups in total. The Morgan fingerprint density at radius 2 is 2.00 bits per heavy atom. The van der Waals surface area contributed by atoms with Gasteiger partial charge in [-0.2, -0.15) is 0 Å². The molecular weight excluding hydrogens is 182 g/mol. The monoisotopic (exact) mass is 203 g/mol. The summed E-state index contributed by atoms with van der Waals surface area (Å²) in [4.78, 5) is 0. The molecule has 0 radical (unpaired) electrons. The highest BCUT2D eigenvalue weighted by Crippen LogP contribution is 2.31. The molecule has 82 valence electrons. The molecule has 0 bridgehead atoms. The fraction of sp³-hybridized carbons (Fsp3) is 0.571.